The molecule has 35 heavy (non-hydrogen) atoms. The third-order valence-electron chi connectivity index (χ3n) is 8.21. The first kappa shape index (κ1) is 21.7. The predicted octanol–water partition coefficient (Wildman–Crippen LogP) is 3.99. The maximum absolute atomic E-state index is 13.4. The van der Waals surface area contributed by atoms with Crippen LogP contribution in [0, 0.1) is 17.8 Å². The van der Waals surface area contributed by atoms with Gasteiger partial charge in [-0.3, -0.25) is 24.1 Å². The fourth-order valence-electron chi connectivity index (χ4n) is 6.68. The van der Waals surface area contributed by atoms with E-state index in [1.165, 1.54) is 11.0 Å². The van der Waals surface area contributed by atoms with Crippen molar-refractivity contribution in [2.24, 2.45) is 17.8 Å². The lowest BCUT2D eigenvalue weighted by Crippen LogP contribution is -2.39. The van der Waals surface area contributed by atoms with Gasteiger partial charge in [0.1, 0.15) is 5.75 Å². The van der Waals surface area contributed by atoms with Crippen LogP contribution in [0.4, 0.5) is 0 Å². The Labute approximate surface area is 202 Å². The standard InChI is InChI=1S/C29H25NO5/c1-3-30-28(34)18-10-9-17-19(23(18)29(30)35)13-20-25(22(32)12-14(2)27(20)33)26(17)24-16-7-5-4-6-15(16)8-11-21(24)31/h4-9,11-12,18-19,23,26,31H,3,10,13H2,1-2H3. The number of carbonyl (C=O) groups is 4. The molecule has 2 aromatic carbocycles. The summed E-state index contributed by atoms with van der Waals surface area (Å²) in [4.78, 5) is 54.4. The molecule has 4 atom stereocenters. The van der Waals surface area contributed by atoms with Gasteiger partial charge >= 0.3 is 0 Å². The number of ketones is 2. The number of aromatic hydroxyl groups is 1. The van der Waals surface area contributed by atoms with Crippen molar-refractivity contribution in [2.75, 3.05) is 6.54 Å². The van der Waals surface area contributed by atoms with Crippen molar-refractivity contribution in [3.63, 3.8) is 0 Å². The second kappa shape index (κ2) is 7.60. The highest BCUT2D eigenvalue weighted by atomic mass is 16.3. The lowest BCUT2D eigenvalue weighted by Gasteiger charge is -2.42. The van der Waals surface area contributed by atoms with Crippen molar-refractivity contribution >= 4 is 34.2 Å². The number of carbonyl (C=O) groups excluding carboxylic acids is 4. The number of phenolic OH excluding ortho intramolecular Hbond substituents is 1. The van der Waals surface area contributed by atoms with E-state index in [4.69, 9.17) is 0 Å². The van der Waals surface area contributed by atoms with Crippen LogP contribution in [0.15, 0.2) is 70.8 Å². The molecule has 6 heteroatoms. The number of nitrogens with zero attached hydrogens (tertiary/aromatic N) is 1. The molecule has 4 unspecified atom stereocenters. The summed E-state index contributed by atoms with van der Waals surface area (Å²) in [5.74, 6) is -2.82. The Hall–Kier alpha value is -3.80. The lowest BCUT2D eigenvalue weighted by atomic mass is 9.59. The minimum atomic E-state index is -0.657. The molecule has 2 aromatic rings. The molecule has 6 rings (SSSR count). The van der Waals surface area contributed by atoms with Gasteiger partial charge in [0.25, 0.3) is 0 Å². The number of likely N-dealkylation sites (tertiary alicyclic amines) is 1. The highest BCUT2D eigenvalue weighted by Crippen LogP contribution is 2.56. The van der Waals surface area contributed by atoms with Gasteiger partial charge in [0, 0.05) is 34.7 Å². The quantitative estimate of drug-likeness (QED) is 0.410. The number of phenols is 1. The van der Waals surface area contributed by atoms with Crippen LogP contribution in [0.5, 0.6) is 5.75 Å². The molecule has 1 aliphatic heterocycles. The molecule has 0 aromatic heterocycles. The molecule has 0 spiro atoms. The second-order valence-corrected chi connectivity index (χ2v) is 9.87. The van der Waals surface area contributed by atoms with Crippen LogP contribution in [0.1, 0.15) is 38.2 Å². The maximum Gasteiger partial charge on any atom is 0.233 e. The van der Waals surface area contributed by atoms with E-state index in [-0.39, 0.29) is 41.5 Å². The Bertz CT molecular complexity index is 1460. The molecule has 3 aliphatic carbocycles. The molecule has 1 fully saturated rings. The molecule has 4 aliphatic rings. The molecule has 0 saturated carbocycles. The van der Waals surface area contributed by atoms with E-state index in [1.807, 2.05) is 36.4 Å². The number of hydrogen-bond acceptors (Lipinski definition) is 5. The fourth-order valence-corrected chi connectivity index (χ4v) is 6.68. The molecule has 2 amide bonds. The lowest BCUT2D eigenvalue weighted by molar-refractivity contribution is -0.139. The predicted molar refractivity (Wildman–Crippen MR) is 129 cm³/mol. The molecule has 176 valence electrons. The van der Waals surface area contributed by atoms with Crippen LogP contribution >= 0.6 is 0 Å². The molecule has 1 N–H and O–H groups in total. The van der Waals surface area contributed by atoms with Crippen molar-refractivity contribution in [1.82, 2.24) is 4.90 Å². The SMILES string of the molecule is CCN1C(=O)C2CC=C3C(c4c(O)ccc5ccccc45)C4=C(CC3C2C1=O)C(=O)C(C)=CC4=O. The molecule has 1 heterocycles. The third-order valence-corrected chi connectivity index (χ3v) is 8.21. The summed E-state index contributed by atoms with van der Waals surface area (Å²) in [5.41, 5.74) is 2.59. The summed E-state index contributed by atoms with van der Waals surface area (Å²) in [5, 5.41) is 12.8. The maximum atomic E-state index is 13.4. The van der Waals surface area contributed by atoms with E-state index >= 15 is 0 Å². The minimum Gasteiger partial charge on any atom is -0.508 e. The molecular formula is C29H25NO5. The monoisotopic (exact) mass is 467 g/mol. The van der Waals surface area contributed by atoms with E-state index < -0.39 is 17.8 Å². The van der Waals surface area contributed by atoms with Gasteiger partial charge in [-0.2, -0.15) is 0 Å². The third kappa shape index (κ3) is 2.89. The minimum absolute atomic E-state index is 0.0414. The van der Waals surface area contributed by atoms with Crippen molar-refractivity contribution in [3.05, 3.63) is 76.4 Å². The van der Waals surface area contributed by atoms with Gasteiger partial charge in [0.2, 0.25) is 11.8 Å². The Morgan fingerprint density at radius 1 is 1.00 bits per heavy atom. The zero-order valence-electron chi connectivity index (χ0n) is 19.6. The average Bonchev–Trinajstić information content (AvgIpc) is 3.10. The first-order chi connectivity index (χ1) is 16.8. The summed E-state index contributed by atoms with van der Waals surface area (Å²) in [6.07, 6.45) is 4.01. The van der Waals surface area contributed by atoms with Gasteiger partial charge in [0.05, 0.1) is 11.8 Å². The van der Waals surface area contributed by atoms with Gasteiger partial charge in [-0.1, -0.05) is 42.0 Å². The highest BCUT2D eigenvalue weighted by molar-refractivity contribution is 6.24. The Morgan fingerprint density at radius 3 is 2.54 bits per heavy atom. The van der Waals surface area contributed by atoms with Gasteiger partial charge in [0.15, 0.2) is 11.6 Å². The summed E-state index contributed by atoms with van der Waals surface area (Å²) < 4.78 is 0. The summed E-state index contributed by atoms with van der Waals surface area (Å²) >= 11 is 0. The topological polar surface area (TPSA) is 91.8 Å². The van der Waals surface area contributed by atoms with E-state index in [9.17, 15) is 24.3 Å². The summed E-state index contributed by atoms with van der Waals surface area (Å²) in [6.45, 7) is 3.73. The average molecular weight is 468 g/mol. The highest BCUT2D eigenvalue weighted by Gasteiger charge is 2.56. The normalized spacial score (nSPS) is 28.1. The van der Waals surface area contributed by atoms with Crippen molar-refractivity contribution in [1.29, 1.82) is 0 Å². The number of Topliss-reactive ketones (excluding diaryl/α,β-unsaturated/α-hetero) is 1. The number of imide groups is 1. The zero-order chi connectivity index (χ0) is 24.6. The fraction of sp³-hybridized carbons (Fsp3) is 0.310. The zero-order valence-corrected chi connectivity index (χ0v) is 19.6. The van der Waals surface area contributed by atoms with E-state index in [0.717, 1.165) is 16.3 Å². The van der Waals surface area contributed by atoms with Gasteiger partial charge in [-0.05, 0) is 55.5 Å². The van der Waals surface area contributed by atoms with Crippen LogP contribution in [0.25, 0.3) is 10.8 Å². The smallest absolute Gasteiger partial charge is 0.233 e. The Balaban J connectivity index is 1.62. The number of fused-ring (bicyclic) bond motifs is 4. The van der Waals surface area contributed by atoms with E-state index in [1.54, 1.807) is 19.9 Å². The largest absolute Gasteiger partial charge is 0.508 e. The first-order valence-electron chi connectivity index (χ1n) is 12.1. The van der Waals surface area contributed by atoms with Gasteiger partial charge in [-0.25, -0.2) is 0 Å². The summed E-state index contributed by atoms with van der Waals surface area (Å²) in [6, 6.07) is 11.1. The van der Waals surface area contributed by atoms with Crippen molar-refractivity contribution < 1.29 is 24.3 Å². The second-order valence-electron chi connectivity index (χ2n) is 9.87. The van der Waals surface area contributed by atoms with Crippen LogP contribution in [0.3, 0.4) is 0 Å². The molecule has 0 bridgehead atoms. The van der Waals surface area contributed by atoms with E-state index in [0.29, 0.717) is 35.2 Å². The molecule has 0 radical (unpaired) electrons. The molecular weight excluding hydrogens is 442 g/mol. The van der Waals surface area contributed by atoms with Crippen LogP contribution in [0.2, 0.25) is 0 Å². The molecule has 1 saturated heterocycles. The number of amides is 2. The Morgan fingerprint density at radius 2 is 1.77 bits per heavy atom. The van der Waals surface area contributed by atoms with Gasteiger partial charge < -0.3 is 5.11 Å². The van der Waals surface area contributed by atoms with E-state index in [2.05, 4.69) is 0 Å². The molecule has 6 nitrogen and oxygen atoms in total. The van der Waals surface area contributed by atoms with Crippen LogP contribution in [-0.4, -0.2) is 39.9 Å². The van der Waals surface area contributed by atoms with Crippen molar-refractivity contribution in [2.45, 2.75) is 32.6 Å². The van der Waals surface area contributed by atoms with Crippen LogP contribution < -0.4 is 0 Å². The van der Waals surface area contributed by atoms with Gasteiger partial charge in [-0.15, -0.1) is 0 Å². The van der Waals surface area contributed by atoms with Crippen LogP contribution in [-0.2, 0) is 19.2 Å². The first-order valence-corrected chi connectivity index (χ1v) is 12.1. The summed E-state index contributed by atoms with van der Waals surface area (Å²) in [7, 11) is 0. The number of hydrogen-bond donors (Lipinski definition) is 1. The number of allylic oxidation sites excluding steroid dienone is 6. The Kier molecular flexibility index (Phi) is 4.72. The number of rotatable bonds is 2. The number of benzene rings is 2. The van der Waals surface area contributed by atoms with Crippen molar-refractivity contribution in [3.8, 4) is 5.75 Å².